The van der Waals surface area contributed by atoms with Crippen molar-refractivity contribution in [3.8, 4) is 0 Å². The largest absolute Gasteiger partial charge is 0.324 e. The first-order valence-electron chi connectivity index (χ1n) is 7.83. The SMILES string of the molecule is CCc1cc(CC2(N)CC(C)CCC2C)n(CC)n1. The van der Waals surface area contributed by atoms with E-state index in [0.29, 0.717) is 5.92 Å². The Morgan fingerprint density at radius 3 is 2.74 bits per heavy atom. The highest BCUT2D eigenvalue weighted by molar-refractivity contribution is 5.15. The van der Waals surface area contributed by atoms with Gasteiger partial charge in [0.25, 0.3) is 0 Å². The molecule has 1 aromatic rings. The van der Waals surface area contributed by atoms with E-state index in [1.54, 1.807) is 0 Å². The van der Waals surface area contributed by atoms with Gasteiger partial charge in [0.1, 0.15) is 0 Å². The third-order valence-electron chi connectivity index (χ3n) is 4.89. The van der Waals surface area contributed by atoms with Gasteiger partial charge in [-0.05, 0) is 44.1 Å². The van der Waals surface area contributed by atoms with E-state index in [-0.39, 0.29) is 5.54 Å². The van der Waals surface area contributed by atoms with Gasteiger partial charge in [0.15, 0.2) is 0 Å². The maximum Gasteiger partial charge on any atom is 0.0624 e. The number of aryl methyl sites for hydroxylation is 2. The molecule has 3 atom stereocenters. The summed E-state index contributed by atoms with van der Waals surface area (Å²) >= 11 is 0. The molecule has 1 saturated carbocycles. The van der Waals surface area contributed by atoms with Crippen LogP contribution in [0.15, 0.2) is 6.07 Å². The van der Waals surface area contributed by atoms with Crippen molar-refractivity contribution in [3.05, 3.63) is 17.5 Å². The second-order valence-corrected chi connectivity index (χ2v) is 6.49. The average molecular weight is 263 g/mol. The molecule has 1 fully saturated rings. The molecule has 1 aliphatic carbocycles. The number of hydrogen-bond acceptors (Lipinski definition) is 2. The van der Waals surface area contributed by atoms with Crippen molar-refractivity contribution in [2.75, 3.05) is 0 Å². The topological polar surface area (TPSA) is 43.8 Å². The van der Waals surface area contributed by atoms with Crippen LogP contribution in [0.2, 0.25) is 0 Å². The smallest absolute Gasteiger partial charge is 0.0624 e. The molecule has 0 aliphatic heterocycles. The van der Waals surface area contributed by atoms with E-state index in [4.69, 9.17) is 5.73 Å². The van der Waals surface area contributed by atoms with Crippen molar-refractivity contribution in [3.63, 3.8) is 0 Å². The standard InChI is InChI=1S/C16H29N3/c1-5-14-9-15(19(6-2)18-14)11-16(17)10-12(3)7-8-13(16)4/h9,12-13H,5-8,10-11,17H2,1-4H3. The van der Waals surface area contributed by atoms with Crippen LogP contribution in [0.3, 0.4) is 0 Å². The molecule has 2 N–H and O–H groups in total. The van der Waals surface area contributed by atoms with Crippen molar-refractivity contribution in [1.82, 2.24) is 9.78 Å². The molecule has 3 unspecified atom stereocenters. The summed E-state index contributed by atoms with van der Waals surface area (Å²) in [4.78, 5) is 0. The van der Waals surface area contributed by atoms with Crippen molar-refractivity contribution >= 4 is 0 Å². The van der Waals surface area contributed by atoms with Gasteiger partial charge in [-0.3, -0.25) is 4.68 Å². The molecule has 0 saturated heterocycles. The fraction of sp³-hybridized carbons (Fsp3) is 0.812. The number of nitrogens with two attached hydrogens (primary N) is 1. The Balaban J connectivity index is 2.20. The van der Waals surface area contributed by atoms with Gasteiger partial charge >= 0.3 is 0 Å². The first kappa shape index (κ1) is 14.6. The molecule has 0 radical (unpaired) electrons. The Morgan fingerprint density at radius 2 is 2.11 bits per heavy atom. The van der Waals surface area contributed by atoms with Gasteiger partial charge in [-0.15, -0.1) is 0 Å². The first-order valence-corrected chi connectivity index (χ1v) is 7.83. The van der Waals surface area contributed by atoms with Crippen LogP contribution in [0, 0.1) is 11.8 Å². The molecule has 0 spiro atoms. The molecular weight excluding hydrogens is 234 g/mol. The van der Waals surface area contributed by atoms with E-state index in [9.17, 15) is 0 Å². The number of rotatable bonds is 4. The van der Waals surface area contributed by atoms with E-state index in [0.717, 1.165) is 31.7 Å². The maximum atomic E-state index is 6.76. The third-order valence-corrected chi connectivity index (χ3v) is 4.89. The summed E-state index contributed by atoms with van der Waals surface area (Å²) in [5.74, 6) is 1.36. The van der Waals surface area contributed by atoms with E-state index in [2.05, 4.69) is 43.5 Å². The van der Waals surface area contributed by atoms with Gasteiger partial charge in [-0.2, -0.15) is 5.10 Å². The molecular formula is C16H29N3. The number of aromatic nitrogens is 2. The predicted molar refractivity (Wildman–Crippen MR) is 80.1 cm³/mol. The number of nitrogens with zero attached hydrogens (tertiary/aromatic N) is 2. The summed E-state index contributed by atoms with van der Waals surface area (Å²) in [6.07, 6.45) is 5.71. The van der Waals surface area contributed by atoms with E-state index in [1.807, 2.05) is 0 Å². The average Bonchev–Trinajstić information content (AvgIpc) is 2.76. The fourth-order valence-electron chi connectivity index (χ4n) is 3.46. The van der Waals surface area contributed by atoms with Gasteiger partial charge in [0.05, 0.1) is 5.69 Å². The molecule has 3 heteroatoms. The van der Waals surface area contributed by atoms with Crippen LogP contribution in [0.25, 0.3) is 0 Å². The lowest BCUT2D eigenvalue weighted by molar-refractivity contribution is 0.158. The second-order valence-electron chi connectivity index (χ2n) is 6.49. The maximum absolute atomic E-state index is 6.76. The molecule has 108 valence electrons. The lowest BCUT2D eigenvalue weighted by atomic mass is 9.68. The minimum Gasteiger partial charge on any atom is -0.324 e. The summed E-state index contributed by atoms with van der Waals surface area (Å²) in [7, 11) is 0. The quantitative estimate of drug-likeness (QED) is 0.907. The molecule has 1 heterocycles. The van der Waals surface area contributed by atoms with E-state index in [1.165, 1.54) is 24.2 Å². The van der Waals surface area contributed by atoms with Crippen LogP contribution in [-0.4, -0.2) is 15.3 Å². The normalized spacial score (nSPS) is 31.6. The Kier molecular flexibility index (Phi) is 4.34. The monoisotopic (exact) mass is 263 g/mol. The highest BCUT2D eigenvalue weighted by Gasteiger charge is 2.37. The van der Waals surface area contributed by atoms with Crippen LogP contribution in [0.4, 0.5) is 0 Å². The summed E-state index contributed by atoms with van der Waals surface area (Å²) in [5.41, 5.74) is 9.23. The molecule has 0 aromatic carbocycles. The fourth-order valence-corrected chi connectivity index (χ4v) is 3.46. The minimum atomic E-state index is -0.0460. The van der Waals surface area contributed by atoms with Crippen molar-refractivity contribution in [2.45, 2.75) is 71.9 Å². The molecule has 0 bridgehead atoms. The first-order chi connectivity index (χ1) is 8.98. The van der Waals surface area contributed by atoms with Crippen LogP contribution >= 0.6 is 0 Å². The highest BCUT2D eigenvalue weighted by atomic mass is 15.3. The van der Waals surface area contributed by atoms with Crippen molar-refractivity contribution in [1.29, 1.82) is 0 Å². The molecule has 1 aromatic heterocycles. The number of hydrogen-bond donors (Lipinski definition) is 1. The Morgan fingerprint density at radius 1 is 1.37 bits per heavy atom. The lowest BCUT2D eigenvalue weighted by Crippen LogP contribution is -2.52. The van der Waals surface area contributed by atoms with Crippen molar-refractivity contribution < 1.29 is 0 Å². The molecule has 0 amide bonds. The Hall–Kier alpha value is -0.830. The summed E-state index contributed by atoms with van der Waals surface area (Å²) in [6, 6.07) is 2.25. The Bertz CT molecular complexity index is 424. The summed E-state index contributed by atoms with van der Waals surface area (Å²) in [6.45, 7) is 9.92. The zero-order valence-corrected chi connectivity index (χ0v) is 12.9. The van der Waals surface area contributed by atoms with Crippen LogP contribution in [0.1, 0.15) is 58.3 Å². The summed E-state index contributed by atoms with van der Waals surface area (Å²) < 4.78 is 2.14. The zero-order chi connectivity index (χ0) is 14.0. The highest BCUT2D eigenvalue weighted by Crippen LogP contribution is 2.37. The van der Waals surface area contributed by atoms with Crippen molar-refractivity contribution in [2.24, 2.45) is 17.6 Å². The molecule has 2 rings (SSSR count). The van der Waals surface area contributed by atoms with Crippen LogP contribution in [-0.2, 0) is 19.4 Å². The van der Waals surface area contributed by atoms with Gasteiger partial charge in [-0.25, -0.2) is 0 Å². The minimum absolute atomic E-state index is 0.0460. The third kappa shape index (κ3) is 3.02. The van der Waals surface area contributed by atoms with Gasteiger partial charge in [0, 0.05) is 24.2 Å². The zero-order valence-electron chi connectivity index (χ0n) is 12.9. The van der Waals surface area contributed by atoms with Crippen LogP contribution in [0.5, 0.6) is 0 Å². The van der Waals surface area contributed by atoms with E-state index < -0.39 is 0 Å². The lowest BCUT2D eigenvalue weighted by Gasteiger charge is -2.42. The van der Waals surface area contributed by atoms with Gasteiger partial charge in [0.2, 0.25) is 0 Å². The van der Waals surface area contributed by atoms with E-state index >= 15 is 0 Å². The molecule has 1 aliphatic rings. The van der Waals surface area contributed by atoms with Crippen LogP contribution < -0.4 is 5.73 Å². The molecule has 19 heavy (non-hydrogen) atoms. The predicted octanol–water partition coefficient (Wildman–Crippen LogP) is 3.16. The Labute approximate surface area is 117 Å². The summed E-state index contributed by atoms with van der Waals surface area (Å²) in [5, 5.41) is 4.65. The molecule has 3 nitrogen and oxygen atoms in total. The second kappa shape index (κ2) is 5.66. The van der Waals surface area contributed by atoms with Gasteiger partial charge < -0.3 is 5.73 Å². The van der Waals surface area contributed by atoms with Gasteiger partial charge in [-0.1, -0.05) is 27.2 Å².